The monoisotopic (exact) mass is 377 g/mol. The van der Waals surface area contributed by atoms with Gasteiger partial charge < -0.3 is 25.0 Å². The van der Waals surface area contributed by atoms with Crippen LogP contribution in [0.4, 0.5) is 10.1 Å². The van der Waals surface area contributed by atoms with Crippen molar-refractivity contribution in [2.45, 2.75) is 32.2 Å². The Kier molecular flexibility index (Phi) is 6.28. The van der Waals surface area contributed by atoms with Gasteiger partial charge in [0.05, 0.1) is 12.8 Å². The number of anilines is 1. The maximum atomic E-state index is 14.1. The van der Waals surface area contributed by atoms with Crippen LogP contribution in [-0.4, -0.2) is 57.3 Å². The van der Waals surface area contributed by atoms with Crippen molar-refractivity contribution in [2.24, 2.45) is 0 Å². The van der Waals surface area contributed by atoms with E-state index in [0.717, 1.165) is 50.3 Å². The number of aromatic nitrogens is 1. The smallest absolute Gasteiger partial charge is 0.238 e. The van der Waals surface area contributed by atoms with Gasteiger partial charge in [0, 0.05) is 63.2 Å². The van der Waals surface area contributed by atoms with Crippen LogP contribution in [0, 0.1) is 18.2 Å². The number of likely N-dealkylation sites (N-methyl/N-ethyl adjacent to an activating group) is 1. The standard InChI is InChI=1S/C19H28FN5O2/c1-12-15(20)10-17(19(23-12)26-3)25(2)18(21)14-11-22-7-4-16(14)24-13-5-8-27-9-6-13/h10,13,21-22,24H,4-9,11H2,1-3H3. The predicted octanol–water partition coefficient (Wildman–Crippen LogP) is 1.97. The first-order valence-electron chi connectivity index (χ1n) is 9.32. The Morgan fingerprint density at radius 1 is 1.44 bits per heavy atom. The van der Waals surface area contributed by atoms with Crippen LogP contribution >= 0.6 is 0 Å². The largest absolute Gasteiger partial charge is 0.480 e. The fourth-order valence-electron chi connectivity index (χ4n) is 3.42. The second-order valence-electron chi connectivity index (χ2n) is 6.91. The van der Waals surface area contributed by atoms with Crippen LogP contribution in [0.15, 0.2) is 17.3 Å². The molecule has 1 aromatic rings. The number of nitrogens with zero attached hydrogens (tertiary/aromatic N) is 2. The number of ether oxygens (including phenoxy) is 2. The van der Waals surface area contributed by atoms with E-state index in [2.05, 4.69) is 15.6 Å². The Hall–Kier alpha value is -2.19. The Balaban J connectivity index is 1.86. The average molecular weight is 377 g/mol. The van der Waals surface area contributed by atoms with Gasteiger partial charge in [-0.25, -0.2) is 9.37 Å². The molecule has 0 unspecified atom stereocenters. The number of amidine groups is 1. The third-order valence-corrected chi connectivity index (χ3v) is 5.09. The van der Waals surface area contributed by atoms with Crippen LogP contribution in [0.2, 0.25) is 0 Å². The highest BCUT2D eigenvalue weighted by Gasteiger charge is 2.25. The van der Waals surface area contributed by atoms with Crippen molar-refractivity contribution < 1.29 is 13.9 Å². The Bertz CT molecular complexity index is 731. The first-order chi connectivity index (χ1) is 13.0. The number of hydrogen-bond acceptors (Lipinski definition) is 6. The molecule has 3 N–H and O–H groups in total. The van der Waals surface area contributed by atoms with Crippen molar-refractivity contribution in [3.8, 4) is 5.88 Å². The lowest BCUT2D eigenvalue weighted by Gasteiger charge is -2.32. The molecule has 1 aromatic heterocycles. The van der Waals surface area contributed by atoms with Crippen molar-refractivity contribution in [3.63, 3.8) is 0 Å². The van der Waals surface area contributed by atoms with E-state index in [0.29, 0.717) is 30.0 Å². The van der Waals surface area contributed by atoms with Gasteiger partial charge in [-0.05, 0) is 19.8 Å². The van der Waals surface area contributed by atoms with Gasteiger partial charge in [0.15, 0.2) is 0 Å². The first kappa shape index (κ1) is 19.6. The Morgan fingerprint density at radius 3 is 2.89 bits per heavy atom. The van der Waals surface area contributed by atoms with Gasteiger partial charge in [0.25, 0.3) is 0 Å². The molecule has 2 aliphatic rings. The van der Waals surface area contributed by atoms with E-state index in [4.69, 9.17) is 14.9 Å². The van der Waals surface area contributed by atoms with Gasteiger partial charge >= 0.3 is 0 Å². The molecule has 1 saturated heterocycles. The van der Waals surface area contributed by atoms with Gasteiger partial charge in [0.1, 0.15) is 17.3 Å². The summed E-state index contributed by atoms with van der Waals surface area (Å²) in [6.45, 7) is 4.59. The number of rotatable bonds is 5. The molecule has 148 valence electrons. The van der Waals surface area contributed by atoms with Crippen LogP contribution in [0.1, 0.15) is 25.0 Å². The molecule has 0 bridgehead atoms. The van der Waals surface area contributed by atoms with E-state index in [1.54, 1.807) is 18.9 Å². The van der Waals surface area contributed by atoms with Gasteiger partial charge in [0.2, 0.25) is 5.88 Å². The SMILES string of the molecule is COc1nc(C)c(F)cc1N(C)C(=N)C1=C(NC2CCOCC2)CCNC1. The van der Waals surface area contributed by atoms with E-state index >= 15 is 0 Å². The van der Waals surface area contributed by atoms with Gasteiger partial charge in [-0.15, -0.1) is 0 Å². The molecule has 0 spiro atoms. The van der Waals surface area contributed by atoms with Crippen LogP contribution in [0.5, 0.6) is 5.88 Å². The van der Waals surface area contributed by atoms with Crippen LogP contribution in [0.25, 0.3) is 0 Å². The van der Waals surface area contributed by atoms with Crippen molar-refractivity contribution in [1.29, 1.82) is 5.41 Å². The third kappa shape index (κ3) is 4.39. The molecule has 3 heterocycles. The summed E-state index contributed by atoms with van der Waals surface area (Å²) in [6, 6.07) is 1.74. The molecule has 0 saturated carbocycles. The molecule has 3 rings (SSSR count). The number of methoxy groups -OCH3 is 1. The Morgan fingerprint density at radius 2 is 2.19 bits per heavy atom. The summed E-state index contributed by atoms with van der Waals surface area (Å²) in [5.41, 5.74) is 2.68. The highest BCUT2D eigenvalue weighted by Crippen LogP contribution is 2.29. The number of pyridine rings is 1. The second kappa shape index (κ2) is 8.67. The zero-order valence-corrected chi connectivity index (χ0v) is 16.2. The van der Waals surface area contributed by atoms with E-state index < -0.39 is 5.82 Å². The fourth-order valence-corrected chi connectivity index (χ4v) is 3.42. The third-order valence-electron chi connectivity index (χ3n) is 5.09. The molecule has 0 aliphatic carbocycles. The summed E-state index contributed by atoms with van der Waals surface area (Å²) < 4.78 is 24.8. The lowest BCUT2D eigenvalue weighted by Crippen LogP contribution is -2.42. The molecule has 0 atom stereocenters. The average Bonchev–Trinajstić information content (AvgIpc) is 2.70. The van der Waals surface area contributed by atoms with Crippen molar-refractivity contribution >= 4 is 11.5 Å². The molecule has 2 aliphatic heterocycles. The van der Waals surface area contributed by atoms with E-state index in [1.807, 2.05) is 0 Å². The maximum Gasteiger partial charge on any atom is 0.238 e. The van der Waals surface area contributed by atoms with Gasteiger partial charge in [-0.2, -0.15) is 0 Å². The van der Waals surface area contributed by atoms with Crippen LogP contribution < -0.4 is 20.3 Å². The normalized spacial score (nSPS) is 18.4. The van der Waals surface area contributed by atoms with E-state index in [9.17, 15) is 4.39 Å². The van der Waals surface area contributed by atoms with Crippen molar-refractivity contribution in [1.82, 2.24) is 15.6 Å². The molecule has 0 radical (unpaired) electrons. The summed E-state index contributed by atoms with van der Waals surface area (Å²) in [5.74, 6) is 0.200. The molecular formula is C19H28FN5O2. The number of nitrogens with one attached hydrogen (secondary N) is 3. The minimum absolute atomic E-state index is 0.274. The number of halogens is 1. The Labute approximate surface area is 159 Å². The van der Waals surface area contributed by atoms with E-state index in [-0.39, 0.29) is 5.69 Å². The molecule has 1 fully saturated rings. The summed E-state index contributed by atoms with van der Waals surface area (Å²) in [5, 5.41) is 15.7. The summed E-state index contributed by atoms with van der Waals surface area (Å²) in [6.07, 6.45) is 2.77. The highest BCUT2D eigenvalue weighted by molar-refractivity contribution is 6.08. The molecular weight excluding hydrogens is 349 g/mol. The zero-order chi connectivity index (χ0) is 19.4. The molecule has 0 aromatic carbocycles. The number of hydrogen-bond donors (Lipinski definition) is 3. The molecule has 8 heteroatoms. The van der Waals surface area contributed by atoms with Crippen LogP contribution in [-0.2, 0) is 4.74 Å². The lowest BCUT2D eigenvalue weighted by molar-refractivity contribution is 0.0800. The maximum absolute atomic E-state index is 14.1. The van der Waals surface area contributed by atoms with Gasteiger partial charge in [-0.1, -0.05) is 0 Å². The van der Waals surface area contributed by atoms with E-state index in [1.165, 1.54) is 13.2 Å². The molecule has 7 nitrogen and oxygen atoms in total. The van der Waals surface area contributed by atoms with Crippen molar-refractivity contribution in [3.05, 3.63) is 28.8 Å². The zero-order valence-electron chi connectivity index (χ0n) is 16.2. The second-order valence-corrected chi connectivity index (χ2v) is 6.91. The predicted molar refractivity (Wildman–Crippen MR) is 103 cm³/mol. The fraction of sp³-hybridized carbons (Fsp3) is 0.579. The highest BCUT2D eigenvalue weighted by atomic mass is 19.1. The van der Waals surface area contributed by atoms with Crippen molar-refractivity contribution in [2.75, 3.05) is 45.4 Å². The quantitative estimate of drug-likeness (QED) is 0.538. The minimum atomic E-state index is -0.415. The van der Waals surface area contributed by atoms with Crippen LogP contribution in [0.3, 0.4) is 0 Å². The lowest BCUT2D eigenvalue weighted by atomic mass is 10.0. The van der Waals surface area contributed by atoms with Gasteiger partial charge in [-0.3, -0.25) is 5.41 Å². The summed E-state index contributed by atoms with van der Waals surface area (Å²) >= 11 is 0. The molecule has 27 heavy (non-hydrogen) atoms. The summed E-state index contributed by atoms with van der Waals surface area (Å²) in [7, 11) is 3.24. The number of aryl methyl sites for hydroxylation is 1. The minimum Gasteiger partial charge on any atom is -0.480 e. The molecule has 0 amide bonds. The summed E-state index contributed by atoms with van der Waals surface area (Å²) in [4.78, 5) is 5.78. The topological polar surface area (TPSA) is 82.5 Å². The first-order valence-corrected chi connectivity index (χ1v) is 9.32.